The zero-order valence-electron chi connectivity index (χ0n) is 12.3. The van der Waals surface area contributed by atoms with E-state index in [4.69, 9.17) is 0 Å². The smallest absolute Gasteiger partial charge is 0.254 e. The van der Waals surface area contributed by atoms with Gasteiger partial charge in [-0.2, -0.15) is 0 Å². The number of rotatable bonds is 1. The second-order valence-corrected chi connectivity index (χ2v) is 6.20. The Bertz CT molecular complexity index is 498. The van der Waals surface area contributed by atoms with E-state index in [1.807, 2.05) is 12.1 Å². The van der Waals surface area contributed by atoms with E-state index in [-0.39, 0.29) is 5.91 Å². The number of nitrogens with zero attached hydrogens (tertiary/aromatic N) is 1. The SMILES string of the molecule is CC1CCCN(C(=O)c2cccc3c2CCNC3)CC1. The zero-order chi connectivity index (χ0) is 13.9. The Labute approximate surface area is 121 Å². The average molecular weight is 272 g/mol. The van der Waals surface area contributed by atoms with Crippen molar-refractivity contribution in [1.29, 1.82) is 0 Å². The van der Waals surface area contributed by atoms with Gasteiger partial charge in [-0.25, -0.2) is 0 Å². The molecule has 1 aromatic rings. The molecule has 3 nitrogen and oxygen atoms in total. The molecule has 3 rings (SSSR count). The molecule has 1 saturated heterocycles. The number of fused-ring (bicyclic) bond motifs is 1. The number of amides is 1. The Morgan fingerprint density at radius 2 is 2.20 bits per heavy atom. The molecule has 108 valence electrons. The molecule has 1 atom stereocenters. The quantitative estimate of drug-likeness (QED) is 0.852. The first-order chi connectivity index (χ1) is 9.75. The van der Waals surface area contributed by atoms with E-state index in [0.717, 1.165) is 56.9 Å². The van der Waals surface area contributed by atoms with Crippen molar-refractivity contribution in [3.63, 3.8) is 0 Å². The van der Waals surface area contributed by atoms with Gasteiger partial charge in [0.05, 0.1) is 0 Å². The lowest BCUT2D eigenvalue weighted by molar-refractivity contribution is 0.0759. The van der Waals surface area contributed by atoms with E-state index in [1.54, 1.807) is 0 Å². The van der Waals surface area contributed by atoms with Crippen molar-refractivity contribution in [2.45, 2.75) is 39.2 Å². The van der Waals surface area contributed by atoms with Crippen LogP contribution in [0, 0.1) is 5.92 Å². The van der Waals surface area contributed by atoms with Gasteiger partial charge < -0.3 is 10.2 Å². The Morgan fingerprint density at radius 3 is 3.10 bits per heavy atom. The first-order valence-corrected chi connectivity index (χ1v) is 7.86. The maximum Gasteiger partial charge on any atom is 0.254 e. The van der Waals surface area contributed by atoms with Gasteiger partial charge >= 0.3 is 0 Å². The first-order valence-electron chi connectivity index (χ1n) is 7.86. The van der Waals surface area contributed by atoms with Gasteiger partial charge in [0.2, 0.25) is 0 Å². The lowest BCUT2D eigenvalue weighted by Gasteiger charge is -2.25. The highest BCUT2D eigenvalue weighted by molar-refractivity contribution is 5.96. The van der Waals surface area contributed by atoms with Crippen LogP contribution in [0.3, 0.4) is 0 Å². The van der Waals surface area contributed by atoms with Gasteiger partial charge in [0, 0.05) is 25.2 Å². The summed E-state index contributed by atoms with van der Waals surface area (Å²) < 4.78 is 0. The number of hydrogen-bond donors (Lipinski definition) is 1. The number of nitrogens with one attached hydrogen (secondary N) is 1. The lowest BCUT2D eigenvalue weighted by Crippen LogP contribution is -2.34. The summed E-state index contributed by atoms with van der Waals surface area (Å²) in [6.07, 6.45) is 4.51. The highest BCUT2D eigenvalue weighted by Crippen LogP contribution is 2.23. The second kappa shape index (κ2) is 5.96. The fourth-order valence-electron chi connectivity index (χ4n) is 3.37. The molecule has 1 aromatic carbocycles. The number of benzene rings is 1. The van der Waals surface area contributed by atoms with Crippen LogP contribution in [0.2, 0.25) is 0 Å². The van der Waals surface area contributed by atoms with Crippen LogP contribution in [-0.4, -0.2) is 30.4 Å². The molecule has 0 bridgehead atoms. The predicted molar refractivity (Wildman–Crippen MR) is 80.8 cm³/mol. The molecule has 2 heterocycles. The summed E-state index contributed by atoms with van der Waals surface area (Å²) in [7, 11) is 0. The highest BCUT2D eigenvalue weighted by Gasteiger charge is 2.23. The Morgan fingerprint density at radius 1 is 1.30 bits per heavy atom. The summed E-state index contributed by atoms with van der Waals surface area (Å²) in [5.41, 5.74) is 3.51. The van der Waals surface area contributed by atoms with Crippen molar-refractivity contribution in [2.24, 2.45) is 5.92 Å². The maximum absolute atomic E-state index is 12.8. The van der Waals surface area contributed by atoms with Crippen LogP contribution in [0.5, 0.6) is 0 Å². The monoisotopic (exact) mass is 272 g/mol. The summed E-state index contributed by atoms with van der Waals surface area (Å²) in [4.78, 5) is 14.9. The molecule has 0 spiro atoms. The fourth-order valence-corrected chi connectivity index (χ4v) is 3.37. The van der Waals surface area contributed by atoms with Crippen LogP contribution in [0.4, 0.5) is 0 Å². The van der Waals surface area contributed by atoms with E-state index in [9.17, 15) is 4.79 Å². The molecule has 1 unspecified atom stereocenters. The van der Waals surface area contributed by atoms with Gasteiger partial charge in [0.1, 0.15) is 0 Å². The van der Waals surface area contributed by atoms with E-state index < -0.39 is 0 Å². The number of hydrogen-bond acceptors (Lipinski definition) is 2. The Kier molecular flexibility index (Phi) is 4.06. The van der Waals surface area contributed by atoms with Crippen molar-refractivity contribution >= 4 is 5.91 Å². The van der Waals surface area contributed by atoms with Gasteiger partial charge in [0.15, 0.2) is 0 Å². The van der Waals surface area contributed by atoms with Crippen molar-refractivity contribution in [3.8, 4) is 0 Å². The van der Waals surface area contributed by atoms with Gasteiger partial charge in [-0.1, -0.05) is 19.1 Å². The van der Waals surface area contributed by atoms with E-state index in [2.05, 4.69) is 23.2 Å². The van der Waals surface area contributed by atoms with Crippen molar-refractivity contribution < 1.29 is 4.79 Å². The van der Waals surface area contributed by atoms with Crippen LogP contribution in [0.15, 0.2) is 18.2 Å². The largest absolute Gasteiger partial charge is 0.339 e. The zero-order valence-corrected chi connectivity index (χ0v) is 12.3. The molecule has 1 N–H and O–H groups in total. The minimum absolute atomic E-state index is 0.248. The van der Waals surface area contributed by atoms with Crippen molar-refractivity contribution in [3.05, 3.63) is 34.9 Å². The van der Waals surface area contributed by atoms with Gasteiger partial charge in [-0.3, -0.25) is 4.79 Å². The lowest BCUT2D eigenvalue weighted by atomic mass is 9.94. The second-order valence-electron chi connectivity index (χ2n) is 6.20. The van der Waals surface area contributed by atoms with E-state index in [0.29, 0.717) is 0 Å². The number of carbonyl (C=O) groups is 1. The first kappa shape index (κ1) is 13.6. The number of likely N-dealkylation sites (tertiary alicyclic amines) is 1. The molecule has 1 amide bonds. The molecule has 0 aliphatic carbocycles. The van der Waals surface area contributed by atoms with E-state index >= 15 is 0 Å². The Hall–Kier alpha value is -1.35. The molecular formula is C17H24N2O. The third kappa shape index (κ3) is 2.73. The summed E-state index contributed by atoms with van der Waals surface area (Å²) in [5, 5.41) is 3.38. The van der Waals surface area contributed by atoms with Crippen LogP contribution in [0.1, 0.15) is 47.7 Å². The van der Waals surface area contributed by atoms with Crippen LogP contribution in [-0.2, 0) is 13.0 Å². The molecule has 2 aliphatic heterocycles. The van der Waals surface area contributed by atoms with E-state index in [1.165, 1.54) is 17.5 Å². The summed E-state index contributed by atoms with van der Waals surface area (Å²) in [6, 6.07) is 6.18. The van der Waals surface area contributed by atoms with Crippen LogP contribution < -0.4 is 5.32 Å². The fraction of sp³-hybridized carbons (Fsp3) is 0.588. The summed E-state index contributed by atoms with van der Waals surface area (Å²) >= 11 is 0. The van der Waals surface area contributed by atoms with Crippen LogP contribution in [0.25, 0.3) is 0 Å². The molecule has 20 heavy (non-hydrogen) atoms. The standard InChI is InChI=1S/C17H24N2O/c1-13-4-3-10-19(11-8-13)17(20)16-6-2-5-14-12-18-9-7-15(14)16/h2,5-6,13,18H,3-4,7-12H2,1H3. The van der Waals surface area contributed by atoms with Crippen LogP contribution >= 0.6 is 0 Å². The molecular weight excluding hydrogens is 248 g/mol. The Balaban J connectivity index is 1.83. The summed E-state index contributed by atoms with van der Waals surface area (Å²) in [5.74, 6) is 1.000. The van der Waals surface area contributed by atoms with Gasteiger partial charge in [-0.05, 0) is 55.3 Å². The van der Waals surface area contributed by atoms with Crippen molar-refractivity contribution in [1.82, 2.24) is 10.2 Å². The molecule has 2 aliphatic rings. The topological polar surface area (TPSA) is 32.3 Å². The molecule has 1 fully saturated rings. The maximum atomic E-state index is 12.8. The molecule has 3 heteroatoms. The molecule has 0 aromatic heterocycles. The highest BCUT2D eigenvalue weighted by atomic mass is 16.2. The minimum Gasteiger partial charge on any atom is -0.339 e. The predicted octanol–water partition coefficient (Wildman–Crippen LogP) is 2.59. The third-order valence-corrected chi connectivity index (χ3v) is 4.67. The third-order valence-electron chi connectivity index (χ3n) is 4.67. The number of carbonyl (C=O) groups excluding carboxylic acids is 1. The normalized spacial score (nSPS) is 23.1. The molecule has 0 radical (unpaired) electrons. The molecule has 0 saturated carbocycles. The minimum atomic E-state index is 0.248. The average Bonchev–Trinajstić information content (AvgIpc) is 2.71. The van der Waals surface area contributed by atoms with Gasteiger partial charge in [0.25, 0.3) is 5.91 Å². The van der Waals surface area contributed by atoms with Crippen molar-refractivity contribution in [2.75, 3.05) is 19.6 Å². The van der Waals surface area contributed by atoms with Gasteiger partial charge in [-0.15, -0.1) is 0 Å². The summed E-state index contributed by atoms with van der Waals surface area (Å²) in [6.45, 7) is 6.01.